The third-order valence-electron chi connectivity index (χ3n) is 4.46. The van der Waals surface area contributed by atoms with E-state index in [1.165, 1.54) is 12.1 Å². The zero-order chi connectivity index (χ0) is 15.1. The first-order chi connectivity index (χ1) is 9.91. The predicted octanol–water partition coefficient (Wildman–Crippen LogP) is 1.41. The van der Waals surface area contributed by atoms with E-state index in [0.29, 0.717) is 13.0 Å². The minimum atomic E-state index is -2.91. The van der Waals surface area contributed by atoms with Gasteiger partial charge in [0.1, 0.15) is 5.82 Å². The number of carbonyl (C=O) groups excluding carboxylic acids is 1. The second-order valence-electron chi connectivity index (χ2n) is 6.07. The second kappa shape index (κ2) is 5.09. The molecule has 0 radical (unpaired) electrons. The molecule has 0 bridgehead atoms. The molecule has 2 aliphatic rings. The molecule has 21 heavy (non-hydrogen) atoms. The second-order valence-corrected chi connectivity index (χ2v) is 8.30. The minimum Gasteiger partial charge on any atom is -0.355 e. The summed E-state index contributed by atoms with van der Waals surface area (Å²) >= 11 is 0. The van der Waals surface area contributed by atoms with Crippen LogP contribution in [0.3, 0.4) is 0 Å². The number of sulfone groups is 1. The fourth-order valence-corrected chi connectivity index (χ4v) is 4.84. The first-order valence-corrected chi connectivity index (χ1v) is 8.98. The average molecular weight is 311 g/mol. The smallest absolute Gasteiger partial charge is 0.230 e. The van der Waals surface area contributed by atoms with E-state index in [4.69, 9.17) is 0 Å². The minimum absolute atomic E-state index is 0.0166. The van der Waals surface area contributed by atoms with Crippen molar-refractivity contribution in [1.82, 2.24) is 5.32 Å². The van der Waals surface area contributed by atoms with Crippen LogP contribution < -0.4 is 5.32 Å². The quantitative estimate of drug-likeness (QED) is 0.914. The molecule has 1 aromatic rings. The van der Waals surface area contributed by atoms with E-state index in [1.54, 1.807) is 12.1 Å². The topological polar surface area (TPSA) is 63.2 Å². The van der Waals surface area contributed by atoms with E-state index >= 15 is 0 Å². The van der Waals surface area contributed by atoms with E-state index in [0.717, 1.165) is 18.4 Å². The number of rotatable bonds is 4. The van der Waals surface area contributed by atoms with Crippen molar-refractivity contribution < 1.29 is 17.6 Å². The fraction of sp³-hybridized carbons (Fsp3) is 0.533. The Balaban J connectivity index is 1.62. The molecule has 0 aromatic heterocycles. The highest BCUT2D eigenvalue weighted by Gasteiger charge is 2.51. The van der Waals surface area contributed by atoms with Crippen molar-refractivity contribution >= 4 is 15.7 Å². The highest BCUT2D eigenvalue weighted by Crippen LogP contribution is 2.48. The van der Waals surface area contributed by atoms with Gasteiger partial charge in [-0.15, -0.1) is 0 Å². The maximum absolute atomic E-state index is 13.0. The lowest BCUT2D eigenvalue weighted by Crippen LogP contribution is -2.37. The molecule has 6 heteroatoms. The molecule has 1 heterocycles. The van der Waals surface area contributed by atoms with E-state index in [1.807, 2.05) is 0 Å². The molecule has 0 spiro atoms. The van der Waals surface area contributed by atoms with Crippen molar-refractivity contribution in [1.29, 1.82) is 0 Å². The van der Waals surface area contributed by atoms with Crippen LogP contribution in [0.2, 0.25) is 0 Å². The summed E-state index contributed by atoms with van der Waals surface area (Å²) in [7, 11) is -2.91. The fourth-order valence-electron chi connectivity index (χ4n) is 2.98. The molecule has 1 aliphatic carbocycles. The summed E-state index contributed by atoms with van der Waals surface area (Å²) in [4.78, 5) is 12.4. The van der Waals surface area contributed by atoms with Crippen LogP contribution in [0.4, 0.5) is 4.39 Å². The Kier molecular flexibility index (Phi) is 3.51. The van der Waals surface area contributed by atoms with Gasteiger partial charge in [-0.25, -0.2) is 12.8 Å². The molecule has 1 aliphatic heterocycles. The van der Waals surface area contributed by atoms with Gasteiger partial charge in [0, 0.05) is 6.54 Å². The molecule has 2 fully saturated rings. The lowest BCUT2D eigenvalue weighted by atomic mass is 9.94. The Morgan fingerprint density at radius 3 is 2.48 bits per heavy atom. The van der Waals surface area contributed by atoms with Gasteiger partial charge in [0.25, 0.3) is 0 Å². The predicted molar refractivity (Wildman–Crippen MR) is 77.1 cm³/mol. The monoisotopic (exact) mass is 311 g/mol. The Morgan fingerprint density at radius 1 is 1.29 bits per heavy atom. The van der Waals surface area contributed by atoms with Gasteiger partial charge in [0.05, 0.1) is 16.9 Å². The normalized spacial score (nSPS) is 25.5. The van der Waals surface area contributed by atoms with Crippen molar-refractivity contribution in [3.8, 4) is 0 Å². The molecule has 1 atom stereocenters. The van der Waals surface area contributed by atoms with Gasteiger partial charge in [-0.1, -0.05) is 12.1 Å². The number of benzene rings is 1. The summed E-state index contributed by atoms with van der Waals surface area (Å²) in [6.45, 7) is 0.404. The van der Waals surface area contributed by atoms with Crippen molar-refractivity contribution in [2.45, 2.75) is 24.7 Å². The molecule has 3 rings (SSSR count). The summed E-state index contributed by atoms with van der Waals surface area (Å²) in [5, 5.41) is 2.88. The van der Waals surface area contributed by atoms with Crippen molar-refractivity contribution in [3.05, 3.63) is 35.6 Å². The van der Waals surface area contributed by atoms with Crippen LogP contribution in [0.1, 0.15) is 24.8 Å². The lowest BCUT2D eigenvalue weighted by Gasteiger charge is -2.17. The largest absolute Gasteiger partial charge is 0.355 e. The van der Waals surface area contributed by atoms with Gasteiger partial charge in [-0.3, -0.25) is 4.79 Å². The Morgan fingerprint density at radius 2 is 1.95 bits per heavy atom. The lowest BCUT2D eigenvalue weighted by molar-refractivity contribution is -0.123. The number of halogens is 1. The molecule has 1 N–H and O–H groups in total. The van der Waals surface area contributed by atoms with E-state index in [-0.39, 0.29) is 29.1 Å². The zero-order valence-electron chi connectivity index (χ0n) is 11.6. The van der Waals surface area contributed by atoms with Crippen molar-refractivity contribution in [2.24, 2.45) is 5.92 Å². The van der Waals surface area contributed by atoms with Crippen LogP contribution in [-0.4, -0.2) is 32.4 Å². The van der Waals surface area contributed by atoms with Gasteiger partial charge < -0.3 is 5.32 Å². The van der Waals surface area contributed by atoms with Crippen molar-refractivity contribution in [2.75, 3.05) is 18.1 Å². The summed E-state index contributed by atoms with van der Waals surface area (Å²) < 4.78 is 35.8. The number of amides is 1. The molecular formula is C15H18FNO3S. The van der Waals surface area contributed by atoms with Crippen LogP contribution in [-0.2, 0) is 20.0 Å². The van der Waals surface area contributed by atoms with Crippen LogP contribution >= 0.6 is 0 Å². The Hall–Kier alpha value is -1.43. The van der Waals surface area contributed by atoms with Crippen LogP contribution in [0, 0.1) is 11.7 Å². The number of hydrogen-bond donors (Lipinski definition) is 1. The average Bonchev–Trinajstić information content (AvgIpc) is 3.17. The maximum Gasteiger partial charge on any atom is 0.230 e. The first kappa shape index (κ1) is 14.5. The Labute approximate surface area is 123 Å². The van der Waals surface area contributed by atoms with Gasteiger partial charge in [-0.05, 0) is 42.9 Å². The maximum atomic E-state index is 13.0. The van der Waals surface area contributed by atoms with Crippen LogP contribution in [0.25, 0.3) is 0 Å². The van der Waals surface area contributed by atoms with Crippen molar-refractivity contribution in [3.63, 3.8) is 0 Å². The molecule has 1 saturated heterocycles. The number of nitrogens with one attached hydrogen (secondary N) is 1. The third kappa shape index (κ3) is 2.95. The standard InChI is InChI=1S/C15H18FNO3S/c16-13-3-1-12(2-4-13)15(6-7-15)14(18)17-9-11-5-8-21(19,20)10-11/h1-4,11H,5-10H2,(H,17,18)/t11-/m0/s1. The third-order valence-corrected chi connectivity index (χ3v) is 6.30. The summed E-state index contributed by atoms with van der Waals surface area (Å²) in [6, 6.07) is 6.04. The van der Waals surface area contributed by atoms with E-state index < -0.39 is 15.3 Å². The highest BCUT2D eigenvalue weighted by molar-refractivity contribution is 7.91. The molecule has 1 amide bonds. The molecule has 1 saturated carbocycles. The highest BCUT2D eigenvalue weighted by atomic mass is 32.2. The van der Waals surface area contributed by atoms with Crippen LogP contribution in [0.5, 0.6) is 0 Å². The number of carbonyl (C=O) groups is 1. The zero-order valence-corrected chi connectivity index (χ0v) is 12.5. The summed E-state index contributed by atoms with van der Waals surface area (Å²) in [5.74, 6) is 0.0144. The molecular weight excluding hydrogens is 293 g/mol. The Bertz CT molecular complexity index is 650. The molecule has 0 unspecified atom stereocenters. The summed E-state index contributed by atoms with van der Waals surface area (Å²) in [6.07, 6.45) is 2.13. The first-order valence-electron chi connectivity index (χ1n) is 7.16. The summed E-state index contributed by atoms with van der Waals surface area (Å²) in [5.41, 5.74) is 0.297. The van der Waals surface area contributed by atoms with Gasteiger partial charge in [-0.2, -0.15) is 0 Å². The van der Waals surface area contributed by atoms with E-state index in [9.17, 15) is 17.6 Å². The SMILES string of the molecule is O=C(NC[C@@H]1CCS(=O)(=O)C1)C1(c2ccc(F)cc2)CC1. The molecule has 1 aromatic carbocycles. The molecule has 114 valence electrons. The molecule has 4 nitrogen and oxygen atoms in total. The van der Waals surface area contributed by atoms with Gasteiger partial charge in [0.15, 0.2) is 9.84 Å². The van der Waals surface area contributed by atoms with E-state index in [2.05, 4.69) is 5.32 Å². The number of hydrogen-bond acceptors (Lipinski definition) is 3. The van der Waals surface area contributed by atoms with Crippen LogP contribution in [0.15, 0.2) is 24.3 Å². The van der Waals surface area contributed by atoms with Gasteiger partial charge in [0.2, 0.25) is 5.91 Å². The van der Waals surface area contributed by atoms with Gasteiger partial charge >= 0.3 is 0 Å².